The Morgan fingerprint density at radius 1 is 1.10 bits per heavy atom. The zero-order valence-electron chi connectivity index (χ0n) is 18.1. The van der Waals surface area contributed by atoms with E-state index in [1.807, 2.05) is 32.9 Å². The predicted octanol–water partition coefficient (Wildman–Crippen LogP) is 2.95. The molecule has 0 saturated carbocycles. The van der Waals surface area contributed by atoms with Crippen LogP contribution in [-0.4, -0.2) is 38.1 Å². The second-order valence-corrected chi connectivity index (χ2v) is 7.29. The standard InChI is InChI=1S/C23H31FN4O2/c1-16(2)30-21-12-17(3)8-9-19(21)15-28-23(25-4)27-11-10-26-22(29)14-18-6-5-7-20(24)13-18/h5-9,12-13,16H,10-11,14-15H2,1-4H3,(H,26,29)(H2,25,27,28). The molecule has 162 valence electrons. The van der Waals surface area contributed by atoms with Crippen molar-refractivity contribution in [2.45, 2.75) is 39.8 Å². The van der Waals surface area contributed by atoms with Gasteiger partial charge in [-0.15, -0.1) is 0 Å². The lowest BCUT2D eigenvalue weighted by Gasteiger charge is -2.17. The van der Waals surface area contributed by atoms with Crippen molar-refractivity contribution in [2.75, 3.05) is 20.1 Å². The average molecular weight is 415 g/mol. The summed E-state index contributed by atoms with van der Waals surface area (Å²) in [6.07, 6.45) is 0.246. The van der Waals surface area contributed by atoms with E-state index in [1.54, 1.807) is 19.2 Å². The van der Waals surface area contributed by atoms with Gasteiger partial charge in [0.2, 0.25) is 5.91 Å². The summed E-state index contributed by atoms with van der Waals surface area (Å²) < 4.78 is 19.1. The molecule has 0 heterocycles. The fraction of sp³-hybridized carbons (Fsp3) is 0.391. The molecule has 0 aliphatic heterocycles. The molecule has 7 heteroatoms. The lowest BCUT2D eigenvalue weighted by Crippen LogP contribution is -2.41. The number of hydrogen-bond donors (Lipinski definition) is 3. The molecule has 2 aromatic carbocycles. The fourth-order valence-electron chi connectivity index (χ4n) is 2.85. The molecule has 3 N–H and O–H groups in total. The van der Waals surface area contributed by atoms with Crippen molar-refractivity contribution in [2.24, 2.45) is 4.99 Å². The summed E-state index contributed by atoms with van der Waals surface area (Å²) in [5.74, 6) is 0.996. The average Bonchev–Trinajstić information content (AvgIpc) is 2.68. The summed E-state index contributed by atoms with van der Waals surface area (Å²) in [6, 6.07) is 12.2. The number of benzene rings is 2. The molecule has 1 amide bonds. The first-order valence-electron chi connectivity index (χ1n) is 10.1. The van der Waals surface area contributed by atoms with E-state index in [9.17, 15) is 9.18 Å². The van der Waals surface area contributed by atoms with Gasteiger partial charge in [0.15, 0.2) is 5.96 Å². The highest BCUT2D eigenvalue weighted by atomic mass is 19.1. The van der Waals surface area contributed by atoms with E-state index in [4.69, 9.17) is 4.74 Å². The SMILES string of the molecule is CN=C(NCCNC(=O)Cc1cccc(F)c1)NCc1ccc(C)cc1OC(C)C. The van der Waals surface area contributed by atoms with Crippen LogP contribution in [-0.2, 0) is 17.8 Å². The number of nitrogens with one attached hydrogen (secondary N) is 3. The van der Waals surface area contributed by atoms with Gasteiger partial charge < -0.3 is 20.7 Å². The Labute approximate surface area is 177 Å². The number of hydrogen-bond acceptors (Lipinski definition) is 3. The number of ether oxygens (including phenoxy) is 1. The largest absolute Gasteiger partial charge is 0.491 e. The van der Waals surface area contributed by atoms with Crippen LogP contribution in [0.2, 0.25) is 0 Å². The molecule has 0 fully saturated rings. The molecule has 0 aliphatic carbocycles. The maximum absolute atomic E-state index is 13.2. The number of aryl methyl sites for hydroxylation is 1. The summed E-state index contributed by atoms with van der Waals surface area (Å²) >= 11 is 0. The Kier molecular flexibility index (Phi) is 9.12. The van der Waals surface area contributed by atoms with Crippen LogP contribution in [0.3, 0.4) is 0 Å². The molecule has 6 nitrogen and oxygen atoms in total. The number of carbonyl (C=O) groups is 1. The molecule has 0 spiro atoms. The van der Waals surface area contributed by atoms with E-state index >= 15 is 0 Å². The van der Waals surface area contributed by atoms with Crippen LogP contribution in [0.15, 0.2) is 47.5 Å². The predicted molar refractivity (Wildman–Crippen MR) is 118 cm³/mol. The first-order valence-corrected chi connectivity index (χ1v) is 10.1. The summed E-state index contributed by atoms with van der Waals surface area (Å²) in [7, 11) is 1.69. The van der Waals surface area contributed by atoms with Gasteiger partial charge in [-0.1, -0.05) is 24.3 Å². The minimum atomic E-state index is -0.340. The first-order chi connectivity index (χ1) is 14.4. The van der Waals surface area contributed by atoms with Crippen molar-refractivity contribution in [1.82, 2.24) is 16.0 Å². The molecular formula is C23H31FN4O2. The lowest BCUT2D eigenvalue weighted by molar-refractivity contribution is -0.120. The lowest BCUT2D eigenvalue weighted by atomic mass is 10.1. The Morgan fingerprint density at radius 2 is 1.87 bits per heavy atom. The third-order valence-corrected chi connectivity index (χ3v) is 4.25. The van der Waals surface area contributed by atoms with E-state index in [2.05, 4.69) is 27.0 Å². The Balaban J connectivity index is 1.75. The van der Waals surface area contributed by atoms with Gasteiger partial charge in [0, 0.05) is 32.2 Å². The maximum atomic E-state index is 13.2. The Hall–Kier alpha value is -3.09. The van der Waals surface area contributed by atoms with Crippen LogP contribution in [0, 0.1) is 12.7 Å². The van der Waals surface area contributed by atoms with Gasteiger partial charge >= 0.3 is 0 Å². The van der Waals surface area contributed by atoms with Gasteiger partial charge in [0.05, 0.1) is 12.5 Å². The molecule has 0 unspecified atom stereocenters. The zero-order valence-corrected chi connectivity index (χ0v) is 18.1. The van der Waals surface area contributed by atoms with Crippen LogP contribution >= 0.6 is 0 Å². The molecule has 30 heavy (non-hydrogen) atoms. The van der Waals surface area contributed by atoms with Crippen LogP contribution in [0.1, 0.15) is 30.5 Å². The van der Waals surface area contributed by atoms with E-state index in [-0.39, 0.29) is 24.2 Å². The minimum absolute atomic E-state index is 0.0963. The van der Waals surface area contributed by atoms with Gasteiger partial charge in [-0.3, -0.25) is 9.79 Å². The number of rotatable bonds is 9. The van der Waals surface area contributed by atoms with Crippen molar-refractivity contribution >= 4 is 11.9 Å². The van der Waals surface area contributed by atoms with Gasteiger partial charge in [-0.25, -0.2) is 4.39 Å². The zero-order chi connectivity index (χ0) is 21.9. The van der Waals surface area contributed by atoms with Crippen LogP contribution in [0.4, 0.5) is 4.39 Å². The highest BCUT2D eigenvalue weighted by Crippen LogP contribution is 2.21. The minimum Gasteiger partial charge on any atom is -0.491 e. The molecule has 0 atom stereocenters. The van der Waals surface area contributed by atoms with Gasteiger partial charge in [0.1, 0.15) is 11.6 Å². The maximum Gasteiger partial charge on any atom is 0.224 e. The number of aliphatic imine (C=N–C) groups is 1. The van der Waals surface area contributed by atoms with Crippen LogP contribution in [0.5, 0.6) is 5.75 Å². The number of nitrogens with zero attached hydrogens (tertiary/aromatic N) is 1. The monoisotopic (exact) mass is 414 g/mol. The molecule has 2 rings (SSSR count). The second-order valence-electron chi connectivity index (χ2n) is 7.29. The number of halogens is 1. The molecular weight excluding hydrogens is 383 g/mol. The van der Waals surface area contributed by atoms with E-state index in [0.29, 0.717) is 31.2 Å². The van der Waals surface area contributed by atoms with Gasteiger partial charge in [0.25, 0.3) is 0 Å². The highest BCUT2D eigenvalue weighted by Gasteiger charge is 2.08. The van der Waals surface area contributed by atoms with Crippen molar-refractivity contribution in [1.29, 1.82) is 0 Å². The molecule has 0 aromatic heterocycles. The Bertz CT molecular complexity index is 868. The fourth-order valence-corrected chi connectivity index (χ4v) is 2.85. The van der Waals surface area contributed by atoms with E-state index < -0.39 is 0 Å². The first kappa shape index (κ1) is 23.2. The quantitative estimate of drug-likeness (QED) is 0.335. The summed E-state index contributed by atoms with van der Waals surface area (Å²) in [4.78, 5) is 16.2. The van der Waals surface area contributed by atoms with E-state index in [0.717, 1.165) is 16.9 Å². The Morgan fingerprint density at radius 3 is 2.57 bits per heavy atom. The molecule has 2 aromatic rings. The normalized spacial score (nSPS) is 11.3. The van der Waals surface area contributed by atoms with Crippen molar-refractivity contribution in [3.8, 4) is 5.75 Å². The molecule has 0 aliphatic rings. The number of guanidine groups is 1. The van der Waals surface area contributed by atoms with Crippen LogP contribution in [0.25, 0.3) is 0 Å². The van der Waals surface area contributed by atoms with Gasteiger partial charge in [-0.2, -0.15) is 0 Å². The van der Waals surface area contributed by atoms with Crippen molar-refractivity contribution < 1.29 is 13.9 Å². The summed E-state index contributed by atoms with van der Waals surface area (Å²) in [5.41, 5.74) is 2.84. The summed E-state index contributed by atoms with van der Waals surface area (Å²) in [6.45, 7) is 7.55. The third kappa shape index (κ3) is 8.11. The van der Waals surface area contributed by atoms with Crippen LogP contribution < -0.4 is 20.7 Å². The topological polar surface area (TPSA) is 74.8 Å². The molecule has 0 radical (unpaired) electrons. The third-order valence-electron chi connectivity index (χ3n) is 4.25. The molecule has 0 bridgehead atoms. The number of amides is 1. The number of carbonyl (C=O) groups excluding carboxylic acids is 1. The van der Waals surface area contributed by atoms with E-state index in [1.165, 1.54) is 12.1 Å². The van der Waals surface area contributed by atoms with Gasteiger partial charge in [-0.05, 0) is 50.1 Å². The smallest absolute Gasteiger partial charge is 0.224 e. The van der Waals surface area contributed by atoms with Crippen molar-refractivity contribution in [3.05, 3.63) is 65.0 Å². The summed E-state index contributed by atoms with van der Waals surface area (Å²) in [5, 5.41) is 9.23. The van der Waals surface area contributed by atoms with Crippen molar-refractivity contribution in [3.63, 3.8) is 0 Å². The molecule has 0 saturated heterocycles. The second kappa shape index (κ2) is 11.8. The highest BCUT2D eigenvalue weighted by molar-refractivity contribution is 5.80.